The third-order valence-electron chi connectivity index (χ3n) is 11.3. The predicted octanol–water partition coefficient (Wildman–Crippen LogP) is 6.41. The minimum Gasteiger partial charge on any atom is -0.469 e. The molecule has 0 aliphatic carbocycles. The van der Waals surface area contributed by atoms with Crippen molar-refractivity contribution < 1.29 is 38.1 Å². The van der Waals surface area contributed by atoms with E-state index in [0.29, 0.717) is 36.2 Å². The molecule has 3 aliphatic rings. The van der Waals surface area contributed by atoms with Gasteiger partial charge in [0, 0.05) is 24.2 Å². The van der Waals surface area contributed by atoms with Gasteiger partial charge >= 0.3 is 12.1 Å². The fourth-order valence-corrected chi connectivity index (χ4v) is 8.15. The molecule has 2 fully saturated rings. The molecule has 5 heterocycles. The Morgan fingerprint density at radius 1 is 0.754 bits per heavy atom. The zero-order chi connectivity index (χ0) is 40.4. The summed E-state index contributed by atoms with van der Waals surface area (Å²) in [6, 6.07) is 10.9. The van der Waals surface area contributed by atoms with Gasteiger partial charge in [-0.25, -0.2) is 14.8 Å². The molecule has 2 saturated heterocycles. The van der Waals surface area contributed by atoms with Crippen LogP contribution in [-0.4, -0.2) is 93.8 Å². The van der Waals surface area contributed by atoms with Gasteiger partial charge in [0.1, 0.15) is 17.7 Å². The highest BCUT2D eigenvalue weighted by Gasteiger charge is 2.39. The Hall–Kier alpha value is -5.86. The van der Waals surface area contributed by atoms with Crippen LogP contribution >= 0.6 is 0 Å². The first-order valence-electron chi connectivity index (χ1n) is 19.6. The molecule has 0 spiro atoms. The smallest absolute Gasteiger partial charge is 0.407 e. The van der Waals surface area contributed by atoms with Crippen molar-refractivity contribution in [2.75, 3.05) is 34.1 Å². The lowest BCUT2D eigenvalue weighted by Gasteiger charge is -2.30. The summed E-state index contributed by atoms with van der Waals surface area (Å²) < 4.78 is 21.7. The van der Waals surface area contributed by atoms with Gasteiger partial charge in [-0.3, -0.25) is 14.4 Å². The number of ether oxygens (including phenoxy) is 4. The van der Waals surface area contributed by atoms with E-state index in [1.165, 1.54) is 14.2 Å². The Morgan fingerprint density at radius 3 is 1.91 bits per heavy atom. The molecule has 3 aliphatic heterocycles. The van der Waals surface area contributed by atoms with Gasteiger partial charge in [-0.05, 0) is 60.8 Å². The number of fused-ring (bicyclic) bond motifs is 1. The molecule has 3 amide bonds. The lowest BCUT2D eigenvalue weighted by atomic mass is 9.91. The number of imidazole rings is 2. The van der Waals surface area contributed by atoms with Gasteiger partial charge in [0.05, 0.1) is 62.4 Å². The monoisotopic (exact) mass is 781 g/mol. The standard InChI is InChI=1S/C42H51N7O8/c1-23(2)29(19-34(50)54-5)40(51)48-17-7-9-32(48)39-44-21-31(46-39)28-16-15-27(36-37(28)57-22-56-36)25-11-13-26(14-12-25)30-20-43-38(45-30)33-10-8-18-49(33)41(52)35(24(3)4)47-42(53)55-6/h11-16,20-21,23-24,29,32-33,35H,7-10,17-19,22H2,1-6H3,(H,43,45)(H,44,46)(H,47,53)/t29-,32-,33-,35-/m0/s1. The number of esters is 1. The average Bonchev–Trinajstić information content (AvgIpc) is 4.07. The third-order valence-corrected chi connectivity index (χ3v) is 11.3. The molecule has 57 heavy (non-hydrogen) atoms. The number of alkyl carbamates (subject to hydrolysis) is 1. The Kier molecular flexibility index (Phi) is 11.5. The highest BCUT2D eigenvalue weighted by Crippen LogP contribution is 2.48. The van der Waals surface area contributed by atoms with Crippen LogP contribution in [0.25, 0.3) is 33.6 Å². The number of likely N-dealkylation sites (tertiary alicyclic amines) is 2. The summed E-state index contributed by atoms with van der Waals surface area (Å²) in [5, 5.41) is 2.69. The number of hydrogen-bond donors (Lipinski definition) is 3. The van der Waals surface area contributed by atoms with Gasteiger partial charge in [-0.15, -0.1) is 0 Å². The first-order valence-corrected chi connectivity index (χ1v) is 19.6. The van der Waals surface area contributed by atoms with E-state index >= 15 is 0 Å². The maximum Gasteiger partial charge on any atom is 0.407 e. The number of hydrogen-bond acceptors (Lipinski definition) is 10. The number of carbonyl (C=O) groups excluding carboxylic acids is 4. The minimum absolute atomic E-state index is 0.0210. The van der Waals surface area contributed by atoms with Gasteiger partial charge < -0.3 is 44.0 Å². The van der Waals surface area contributed by atoms with E-state index in [1.54, 1.807) is 17.3 Å². The van der Waals surface area contributed by atoms with E-state index < -0.39 is 24.0 Å². The number of nitrogens with one attached hydrogen (secondary N) is 3. The number of aromatic nitrogens is 4. The molecule has 0 saturated carbocycles. The highest BCUT2D eigenvalue weighted by atomic mass is 16.7. The molecule has 4 aromatic rings. The molecule has 0 bridgehead atoms. The number of carbonyl (C=O) groups is 4. The number of methoxy groups -OCH3 is 2. The van der Waals surface area contributed by atoms with Crippen molar-refractivity contribution in [3.8, 4) is 45.1 Å². The molecule has 15 nitrogen and oxygen atoms in total. The van der Waals surface area contributed by atoms with E-state index in [1.807, 2.05) is 69.0 Å². The van der Waals surface area contributed by atoms with Gasteiger partial charge in [0.15, 0.2) is 11.5 Å². The summed E-state index contributed by atoms with van der Waals surface area (Å²) in [6.07, 6.45) is 6.16. The van der Waals surface area contributed by atoms with Crippen molar-refractivity contribution in [3.63, 3.8) is 0 Å². The fourth-order valence-electron chi connectivity index (χ4n) is 8.15. The molecule has 2 aromatic heterocycles. The van der Waals surface area contributed by atoms with Crippen LogP contribution in [0.5, 0.6) is 11.5 Å². The topological polar surface area (TPSA) is 181 Å². The van der Waals surface area contributed by atoms with Crippen molar-refractivity contribution in [2.24, 2.45) is 17.8 Å². The van der Waals surface area contributed by atoms with Crippen LogP contribution in [0.1, 0.15) is 83.5 Å². The largest absolute Gasteiger partial charge is 0.469 e. The molecule has 2 aromatic carbocycles. The van der Waals surface area contributed by atoms with Crippen molar-refractivity contribution in [3.05, 3.63) is 60.4 Å². The van der Waals surface area contributed by atoms with Crippen molar-refractivity contribution in [1.29, 1.82) is 0 Å². The zero-order valence-electron chi connectivity index (χ0n) is 33.3. The second kappa shape index (κ2) is 16.7. The number of nitrogens with zero attached hydrogens (tertiary/aromatic N) is 4. The minimum atomic E-state index is -0.703. The number of aromatic amines is 2. The summed E-state index contributed by atoms with van der Waals surface area (Å²) in [5.41, 5.74) is 5.12. The number of amides is 3. The molecule has 3 N–H and O–H groups in total. The first-order chi connectivity index (χ1) is 27.5. The van der Waals surface area contributed by atoms with Crippen molar-refractivity contribution >= 4 is 23.9 Å². The maximum absolute atomic E-state index is 13.7. The van der Waals surface area contributed by atoms with E-state index in [4.69, 9.17) is 23.9 Å². The van der Waals surface area contributed by atoms with Crippen LogP contribution in [0.3, 0.4) is 0 Å². The van der Waals surface area contributed by atoms with Crippen molar-refractivity contribution in [1.82, 2.24) is 35.1 Å². The Morgan fingerprint density at radius 2 is 1.32 bits per heavy atom. The second-order valence-corrected chi connectivity index (χ2v) is 15.5. The quantitative estimate of drug-likeness (QED) is 0.136. The van der Waals surface area contributed by atoms with Crippen molar-refractivity contribution in [2.45, 2.75) is 77.9 Å². The Bertz CT molecular complexity index is 2110. The molecule has 0 unspecified atom stereocenters. The van der Waals surface area contributed by atoms with Gasteiger partial charge in [0.25, 0.3) is 0 Å². The predicted molar refractivity (Wildman–Crippen MR) is 210 cm³/mol. The van der Waals surface area contributed by atoms with E-state index in [2.05, 4.69) is 20.3 Å². The summed E-state index contributed by atoms with van der Waals surface area (Å²) in [4.78, 5) is 71.3. The number of benzene rings is 2. The van der Waals surface area contributed by atoms with E-state index in [-0.39, 0.29) is 48.9 Å². The Labute approximate surface area is 331 Å². The van der Waals surface area contributed by atoms with Gasteiger partial charge in [0.2, 0.25) is 18.6 Å². The maximum atomic E-state index is 13.7. The SMILES string of the molecule is COC(=O)C[C@H](C(=O)N1CCC[C@H]1c1ncc(-c2ccc(-c3ccc(-c4cnc([C@@H]5CCCN5C(=O)[C@@H](NC(=O)OC)C(C)C)[nH]4)cc3)c3c2OCO3)[nH]1)C(C)C. The molecule has 4 atom stereocenters. The van der Waals surface area contributed by atoms with Crippen LogP contribution in [0.2, 0.25) is 0 Å². The zero-order valence-corrected chi connectivity index (χ0v) is 33.3. The van der Waals surface area contributed by atoms with Crippen LogP contribution in [0.4, 0.5) is 4.79 Å². The fraction of sp³-hybridized carbons (Fsp3) is 0.476. The molecule has 0 radical (unpaired) electrons. The number of H-pyrrole nitrogens is 2. The normalized spacial score (nSPS) is 18.6. The third kappa shape index (κ3) is 7.92. The average molecular weight is 782 g/mol. The summed E-state index contributed by atoms with van der Waals surface area (Å²) in [5.74, 6) is 1.42. The van der Waals surface area contributed by atoms with Crippen LogP contribution < -0.4 is 14.8 Å². The van der Waals surface area contributed by atoms with Crippen LogP contribution in [0, 0.1) is 17.8 Å². The second-order valence-electron chi connectivity index (χ2n) is 15.5. The summed E-state index contributed by atoms with van der Waals surface area (Å²) in [6.45, 7) is 8.94. The lowest BCUT2D eigenvalue weighted by molar-refractivity contribution is -0.148. The Balaban J connectivity index is 1.07. The highest BCUT2D eigenvalue weighted by molar-refractivity contribution is 5.87. The van der Waals surface area contributed by atoms with E-state index in [0.717, 1.165) is 59.3 Å². The van der Waals surface area contributed by atoms with Crippen LogP contribution in [-0.2, 0) is 23.9 Å². The molecule has 7 rings (SSSR count). The molecular formula is C42H51N7O8. The van der Waals surface area contributed by atoms with Gasteiger partial charge in [-0.2, -0.15) is 0 Å². The van der Waals surface area contributed by atoms with E-state index in [9.17, 15) is 19.2 Å². The first kappa shape index (κ1) is 39.4. The molecular weight excluding hydrogens is 731 g/mol. The summed E-state index contributed by atoms with van der Waals surface area (Å²) >= 11 is 0. The van der Waals surface area contributed by atoms with Crippen LogP contribution in [0.15, 0.2) is 48.8 Å². The lowest BCUT2D eigenvalue weighted by Crippen LogP contribution is -2.51. The van der Waals surface area contributed by atoms with Gasteiger partial charge in [-0.1, -0.05) is 52.0 Å². The molecule has 302 valence electrons. The number of rotatable bonds is 12. The molecule has 15 heteroatoms. The summed E-state index contributed by atoms with van der Waals surface area (Å²) in [7, 11) is 2.63.